The number of anilines is 1. The van der Waals surface area contributed by atoms with E-state index in [4.69, 9.17) is 32.9 Å². The second-order valence-corrected chi connectivity index (χ2v) is 9.69. The second-order valence-electron chi connectivity index (χ2n) is 8.85. The van der Waals surface area contributed by atoms with Gasteiger partial charge in [-0.1, -0.05) is 59.6 Å². The molecule has 3 aromatic carbocycles. The zero-order chi connectivity index (χ0) is 27.2. The smallest absolute Gasteiger partial charge is 0.255 e. The number of benzene rings is 3. The molecular formula is C29H28Cl2N4O3. The monoisotopic (exact) mass is 550 g/mol. The number of methoxy groups -OCH3 is 1. The number of rotatable bonds is 9. The van der Waals surface area contributed by atoms with Crippen molar-refractivity contribution in [1.82, 2.24) is 14.5 Å². The Kier molecular flexibility index (Phi) is 8.84. The maximum absolute atomic E-state index is 13.3. The number of ether oxygens (including phenoxy) is 1. The van der Waals surface area contributed by atoms with Gasteiger partial charge in [0.05, 0.1) is 22.9 Å². The Morgan fingerprint density at radius 2 is 1.76 bits per heavy atom. The van der Waals surface area contributed by atoms with Gasteiger partial charge >= 0.3 is 0 Å². The number of amides is 2. The van der Waals surface area contributed by atoms with Crippen molar-refractivity contribution in [1.29, 1.82) is 0 Å². The van der Waals surface area contributed by atoms with Crippen molar-refractivity contribution >= 4 is 41.0 Å². The number of hydrogen-bond acceptors (Lipinski definition) is 4. The summed E-state index contributed by atoms with van der Waals surface area (Å²) in [6, 6.07) is 20.4. The molecule has 0 aliphatic rings. The van der Waals surface area contributed by atoms with E-state index in [2.05, 4.69) is 5.32 Å². The Morgan fingerprint density at radius 1 is 1.00 bits per heavy atom. The Labute approximate surface area is 232 Å². The minimum atomic E-state index is -0.408. The summed E-state index contributed by atoms with van der Waals surface area (Å²) in [5, 5.41) is 3.52. The van der Waals surface area contributed by atoms with E-state index in [1.807, 2.05) is 73.1 Å². The van der Waals surface area contributed by atoms with E-state index in [1.54, 1.807) is 12.1 Å². The van der Waals surface area contributed by atoms with Gasteiger partial charge in [0.1, 0.15) is 6.54 Å². The van der Waals surface area contributed by atoms with E-state index < -0.39 is 11.8 Å². The predicted octanol–water partition coefficient (Wildman–Crippen LogP) is 6.19. The quantitative estimate of drug-likeness (QED) is 0.269. The summed E-state index contributed by atoms with van der Waals surface area (Å²) in [5.41, 5.74) is 5.02. The number of aromatic nitrogens is 2. The first-order valence-corrected chi connectivity index (χ1v) is 12.8. The zero-order valence-corrected chi connectivity index (χ0v) is 22.9. The van der Waals surface area contributed by atoms with Gasteiger partial charge in [0.2, 0.25) is 11.9 Å². The lowest BCUT2D eigenvalue weighted by Gasteiger charge is -2.22. The molecule has 1 aromatic heterocycles. The number of nitrogens with one attached hydrogen (secondary N) is 1. The molecule has 9 heteroatoms. The van der Waals surface area contributed by atoms with Crippen molar-refractivity contribution in [3.8, 4) is 16.9 Å². The van der Waals surface area contributed by atoms with Gasteiger partial charge in [-0.15, -0.1) is 0 Å². The topological polar surface area (TPSA) is 76.5 Å². The first-order chi connectivity index (χ1) is 18.3. The highest BCUT2D eigenvalue weighted by molar-refractivity contribution is 6.36. The molecule has 4 rings (SSSR count). The molecule has 4 aromatic rings. The molecule has 0 fully saturated rings. The van der Waals surface area contributed by atoms with Gasteiger partial charge in [-0.05, 0) is 55.3 Å². The van der Waals surface area contributed by atoms with E-state index in [-0.39, 0.29) is 30.3 Å². The van der Waals surface area contributed by atoms with Crippen molar-refractivity contribution in [2.45, 2.75) is 13.8 Å². The van der Waals surface area contributed by atoms with Crippen LogP contribution in [-0.4, -0.2) is 53.1 Å². The van der Waals surface area contributed by atoms with Crippen molar-refractivity contribution in [3.05, 3.63) is 99.7 Å². The molecule has 0 radical (unpaired) electrons. The average molecular weight is 551 g/mol. The Hall–Kier alpha value is -3.65. The zero-order valence-electron chi connectivity index (χ0n) is 21.4. The fraction of sp³-hybridized carbons (Fsp3) is 0.207. The van der Waals surface area contributed by atoms with Crippen molar-refractivity contribution in [2.24, 2.45) is 0 Å². The molecule has 0 aliphatic carbocycles. The number of nitrogens with zero attached hydrogens (tertiary/aromatic N) is 3. The van der Waals surface area contributed by atoms with Crippen LogP contribution in [0.15, 0.2) is 72.9 Å². The molecule has 1 heterocycles. The maximum Gasteiger partial charge on any atom is 0.255 e. The van der Waals surface area contributed by atoms with Crippen LogP contribution >= 0.6 is 23.2 Å². The number of hydrogen-bond donors (Lipinski definition) is 1. The molecule has 1 N–H and O–H groups in total. The van der Waals surface area contributed by atoms with Crippen LogP contribution < -0.4 is 5.32 Å². The molecule has 0 saturated carbocycles. The summed E-state index contributed by atoms with van der Waals surface area (Å²) in [5.74, 6) is -0.461. The van der Waals surface area contributed by atoms with Crippen molar-refractivity contribution in [3.63, 3.8) is 0 Å². The van der Waals surface area contributed by atoms with Gasteiger partial charge < -0.3 is 9.64 Å². The molecule has 0 saturated heterocycles. The Balaban J connectivity index is 1.63. The normalized spacial score (nSPS) is 10.9. The van der Waals surface area contributed by atoms with Crippen molar-refractivity contribution < 1.29 is 14.3 Å². The van der Waals surface area contributed by atoms with E-state index in [9.17, 15) is 9.59 Å². The highest BCUT2D eigenvalue weighted by Gasteiger charge is 2.22. The number of aryl methyl sites for hydroxylation is 2. The summed E-state index contributed by atoms with van der Waals surface area (Å²) in [6.45, 7) is 4.31. The van der Waals surface area contributed by atoms with Gasteiger partial charge in [-0.25, -0.2) is 4.98 Å². The second kappa shape index (κ2) is 12.3. The molecule has 0 unspecified atom stereocenters. The fourth-order valence-electron chi connectivity index (χ4n) is 3.91. The third-order valence-electron chi connectivity index (χ3n) is 6.14. The molecule has 0 aliphatic heterocycles. The molecule has 196 valence electrons. The standard InChI is InChI=1S/C29H28Cl2N4O3/c1-19-9-11-23(15-20(19)2)35-17-26(21-7-5-4-6-8-21)32-29(35)33-27(36)18-34(13-14-38-3)28(37)24-12-10-22(30)16-25(24)31/h4-12,15-17H,13-14,18H2,1-3H3,(H,32,33,36). The number of halogens is 2. The van der Waals surface area contributed by atoms with Crippen LogP contribution in [0.3, 0.4) is 0 Å². The number of carbonyl (C=O) groups excluding carboxylic acids is 2. The van der Waals surface area contributed by atoms with Crippen LogP contribution in [0.25, 0.3) is 16.9 Å². The lowest BCUT2D eigenvalue weighted by Crippen LogP contribution is -2.40. The van der Waals surface area contributed by atoms with Crippen LogP contribution in [0.2, 0.25) is 10.0 Å². The lowest BCUT2D eigenvalue weighted by molar-refractivity contribution is -0.117. The number of imidazole rings is 1. The number of carbonyl (C=O) groups is 2. The Morgan fingerprint density at radius 3 is 2.45 bits per heavy atom. The van der Waals surface area contributed by atoms with E-state index in [0.717, 1.165) is 22.4 Å². The largest absolute Gasteiger partial charge is 0.383 e. The summed E-state index contributed by atoms with van der Waals surface area (Å²) < 4.78 is 7.00. The maximum atomic E-state index is 13.3. The summed E-state index contributed by atoms with van der Waals surface area (Å²) in [7, 11) is 1.53. The highest BCUT2D eigenvalue weighted by atomic mass is 35.5. The first kappa shape index (κ1) is 27.4. The van der Waals surface area contributed by atoms with Crippen molar-refractivity contribution in [2.75, 3.05) is 32.1 Å². The molecule has 38 heavy (non-hydrogen) atoms. The van der Waals surface area contributed by atoms with Gasteiger partial charge in [0, 0.05) is 36.1 Å². The van der Waals surface area contributed by atoms with Crippen LogP contribution in [0.4, 0.5) is 5.95 Å². The van der Waals surface area contributed by atoms with Gasteiger partial charge in [0.25, 0.3) is 5.91 Å². The lowest BCUT2D eigenvalue weighted by atomic mass is 10.1. The molecule has 0 bridgehead atoms. The molecule has 0 atom stereocenters. The van der Waals surface area contributed by atoms with Crippen LogP contribution in [0.5, 0.6) is 0 Å². The molecule has 0 spiro atoms. The highest BCUT2D eigenvalue weighted by Crippen LogP contribution is 2.26. The van der Waals surface area contributed by atoms with Crippen LogP contribution in [0.1, 0.15) is 21.5 Å². The van der Waals surface area contributed by atoms with E-state index in [1.165, 1.54) is 18.1 Å². The van der Waals surface area contributed by atoms with Crippen LogP contribution in [0, 0.1) is 13.8 Å². The summed E-state index contributed by atoms with van der Waals surface area (Å²) >= 11 is 12.3. The summed E-state index contributed by atoms with van der Waals surface area (Å²) in [6.07, 6.45) is 1.89. The minimum Gasteiger partial charge on any atom is -0.383 e. The predicted molar refractivity (Wildman–Crippen MR) is 151 cm³/mol. The van der Waals surface area contributed by atoms with Gasteiger partial charge in [0.15, 0.2) is 0 Å². The third-order valence-corrected chi connectivity index (χ3v) is 6.69. The fourth-order valence-corrected chi connectivity index (χ4v) is 4.40. The average Bonchev–Trinajstić information content (AvgIpc) is 3.32. The third kappa shape index (κ3) is 6.42. The molecular weight excluding hydrogens is 523 g/mol. The van der Waals surface area contributed by atoms with Crippen LogP contribution in [-0.2, 0) is 9.53 Å². The first-order valence-electron chi connectivity index (χ1n) is 12.0. The van der Waals surface area contributed by atoms with E-state index >= 15 is 0 Å². The Bertz CT molecular complexity index is 1450. The molecule has 7 nitrogen and oxygen atoms in total. The summed E-state index contributed by atoms with van der Waals surface area (Å²) in [4.78, 5) is 32.6. The van der Waals surface area contributed by atoms with E-state index in [0.29, 0.717) is 16.7 Å². The van der Waals surface area contributed by atoms with Gasteiger partial charge in [-0.3, -0.25) is 19.5 Å². The van der Waals surface area contributed by atoms with Gasteiger partial charge in [-0.2, -0.15) is 0 Å². The SMILES string of the molecule is COCCN(CC(=O)Nc1nc(-c2ccccc2)cn1-c1ccc(C)c(C)c1)C(=O)c1ccc(Cl)cc1Cl. The molecule has 2 amide bonds. The minimum absolute atomic E-state index is 0.197.